The Balaban J connectivity index is 2.82. The van der Waals surface area contributed by atoms with E-state index in [-0.39, 0.29) is 0 Å². The van der Waals surface area contributed by atoms with Crippen molar-refractivity contribution in [3.63, 3.8) is 0 Å². The summed E-state index contributed by atoms with van der Waals surface area (Å²) in [6.45, 7) is 1.85. The van der Waals surface area contributed by atoms with Gasteiger partial charge in [-0.2, -0.15) is 5.10 Å². The van der Waals surface area contributed by atoms with E-state index >= 15 is 0 Å². The zero-order valence-electron chi connectivity index (χ0n) is 5.82. The van der Waals surface area contributed by atoms with Gasteiger partial charge in [-0.1, -0.05) is 0 Å². The van der Waals surface area contributed by atoms with Gasteiger partial charge >= 0.3 is 0 Å². The van der Waals surface area contributed by atoms with Crippen molar-refractivity contribution in [1.82, 2.24) is 19.6 Å². The normalized spacial score (nSPS) is 10.7. The van der Waals surface area contributed by atoms with Gasteiger partial charge in [0, 0.05) is 6.07 Å². The highest BCUT2D eigenvalue weighted by Gasteiger charge is 1.98. The van der Waals surface area contributed by atoms with Crippen LogP contribution in [0.1, 0.15) is 5.82 Å². The molecule has 5 heteroatoms. The van der Waals surface area contributed by atoms with Crippen molar-refractivity contribution in [2.75, 3.05) is 0 Å². The Morgan fingerprint density at radius 3 is 3.18 bits per heavy atom. The van der Waals surface area contributed by atoms with Crippen LogP contribution in [0.25, 0.3) is 5.65 Å². The number of aryl methyl sites for hydroxylation is 1. The van der Waals surface area contributed by atoms with Gasteiger partial charge in [-0.3, -0.25) is 0 Å². The average molecular weight is 213 g/mol. The first-order valence-electron chi connectivity index (χ1n) is 3.10. The zero-order valence-corrected chi connectivity index (χ0v) is 7.41. The lowest BCUT2D eigenvalue weighted by atomic mass is 10.6. The van der Waals surface area contributed by atoms with Crippen LogP contribution < -0.4 is 0 Å². The minimum Gasteiger partial charge on any atom is -0.229 e. The summed E-state index contributed by atoms with van der Waals surface area (Å²) in [6, 6.07) is 1.82. The first kappa shape index (κ1) is 6.72. The molecule has 2 heterocycles. The molecule has 0 saturated heterocycles. The van der Waals surface area contributed by atoms with Crippen molar-refractivity contribution in [2.45, 2.75) is 6.92 Å². The van der Waals surface area contributed by atoms with E-state index in [0.717, 1.165) is 16.1 Å². The molecule has 0 saturated carbocycles. The monoisotopic (exact) mass is 212 g/mol. The fourth-order valence-corrected chi connectivity index (χ4v) is 1.18. The summed E-state index contributed by atoms with van der Waals surface area (Å²) in [5.41, 5.74) is 0.810. The number of fused-ring (bicyclic) bond motifs is 1. The van der Waals surface area contributed by atoms with E-state index in [1.54, 1.807) is 10.8 Å². The first-order chi connectivity index (χ1) is 5.25. The molecule has 0 spiro atoms. The van der Waals surface area contributed by atoms with Crippen molar-refractivity contribution in [1.29, 1.82) is 0 Å². The molecule has 0 aliphatic rings. The fourth-order valence-electron chi connectivity index (χ4n) is 0.884. The van der Waals surface area contributed by atoms with Crippen molar-refractivity contribution < 1.29 is 0 Å². The lowest BCUT2D eigenvalue weighted by Crippen LogP contribution is -1.88. The second-order valence-electron chi connectivity index (χ2n) is 2.17. The zero-order chi connectivity index (χ0) is 7.84. The average Bonchev–Trinajstić information content (AvgIpc) is 2.27. The van der Waals surface area contributed by atoms with Crippen molar-refractivity contribution >= 4 is 21.6 Å². The lowest BCUT2D eigenvalue weighted by molar-refractivity contribution is 0.894. The van der Waals surface area contributed by atoms with Gasteiger partial charge in [0.15, 0.2) is 5.65 Å². The van der Waals surface area contributed by atoms with Crippen LogP contribution in [0, 0.1) is 6.92 Å². The van der Waals surface area contributed by atoms with Crippen LogP contribution in [-0.2, 0) is 0 Å². The minimum atomic E-state index is 0.755. The van der Waals surface area contributed by atoms with Crippen LogP contribution in [0.3, 0.4) is 0 Å². The SMILES string of the molecule is Cc1nc2cc(Br)ncn2n1. The van der Waals surface area contributed by atoms with Crippen LogP contribution in [0.4, 0.5) is 0 Å². The molecule has 0 amide bonds. The second kappa shape index (κ2) is 2.27. The molecule has 2 rings (SSSR count). The molecule has 0 aliphatic heterocycles. The number of aromatic nitrogens is 4. The predicted molar refractivity (Wildman–Crippen MR) is 43.2 cm³/mol. The van der Waals surface area contributed by atoms with E-state index in [1.165, 1.54) is 0 Å². The van der Waals surface area contributed by atoms with E-state index in [4.69, 9.17) is 0 Å². The number of nitrogens with zero attached hydrogens (tertiary/aromatic N) is 4. The number of halogens is 1. The Kier molecular flexibility index (Phi) is 1.38. The van der Waals surface area contributed by atoms with Crippen LogP contribution in [0.15, 0.2) is 17.0 Å². The Morgan fingerprint density at radius 2 is 2.36 bits per heavy atom. The summed E-state index contributed by atoms with van der Waals surface area (Å²) < 4.78 is 2.41. The largest absolute Gasteiger partial charge is 0.229 e. The molecule has 11 heavy (non-hydrogen) atoms. The summed E-state index contributed by atoms with van der Waals surface area (Å²) in [7, 11) is 0. The van der Waals surface area contributed by atoms with Gasteiger partial charge < -0.3 is 0 Å². The van der Waals surface area contributed by atoms with E-state index in [1.807, 2.05) is 13.0 Å². The van der Waals surface area contributed by atoms with Gasteiger partial charge in [0.05, 0.1) is 0 Å². The highest BCUT2D eigenvalue weighted by molar-refractivity contribution is 9.10. The van der Waals surface area contributed by atoms with Gasteiger partial charge in [-0.15, -0.1) is 0 Å². The molecular weight excluding hydrogens is 208 g/mol. The van der Waals surface area contributed by atoms with Crippen LogP contribution in [0.5, 0.6) is 0 Å². The molecule has 0 atom stereocenters. The third-order valence-corrected chi connectivity index (χ3v) is 1.74. The summed E-state index contributed by atoms with van der Waals surface area (Å²) >= 11 is 3.25. The molecule has 2 aromatic heterocycles. The second-order valence-corrected chi connectivity index (χ2v) is 2.99. The van der Waals surface area contributed by atoms with Gasteiger partial charge in [-0.05, 0) is 22.9 Å². The lowest BCUT2D eigenvalue weighted by Gasteiger charge is -1.88. The summed E-state index contributed by atoms with van der Waals surface area (Å²) in [4.78, 5) is 8.15. The van der Waals surface area contributed by atoms with Gasteiger partial charge in [0.2, 0.25) is 0 Å². The Hall–Kier alpha value is -0.970. The van der Waals surface area contributed by atoms with Crippen LogP contribution >= 0.6 is 15.9 Å². The summed E-state index contributed by atoms with van der Waals surface area (Å²) in [6.07, 6.45) is 1.62. The van der Waals surface area contributed by atoms with E-state index < -0.39 is 0 Å². The maximum Gasteiger partial charge on any atom is 0.160 e. The molecule has 2 aromatic rings. The number of hydrogen-bond acceptors (Lipinski definition) is 3. The molecule has 0 unspecified atom stereocenters. The number of hydrogen-bond donors (Lipinski definition) is 0. The highest BCUT2D eigenvalue weighted by Crippen LogP contribution is 2.07. The van der Waals surface area contributed by atoms with E-state index in [0.29, 0.717) is 0 Å². The standard InChI is InChI=1S/C6H5BrN4/c1-4-9-6-2-5(7)8-3-11(6)10-4/h2-3H,1H3. The quantitative estimate of drug-likeness (QED) is 0.617. The molecule has 0 fully saturated rings. The maximum absolute atomic E-state index is 4.16. The van der Waals surface area contributed by atoms with Crippen molar-refractivity contribution in [2.24, 2.45) is 0 Å². The number of rotatable bonds is 0. The van der Waals surface area contributed by atoms with Gasteiger partial charge in [-0.25, -0.2) is 14.5 Å². The Labute approximate surface area is 71.4 Å². The maximum atomic E-state index is 4.16. The van der Waals surface area contributed by atoms with E-state index in [9.17, 15) is 0 Å². The van der Waals surface area contributed by atoms with Gasteiger partial charge in [0.25, 0.3) is 0 Å². The molecule has 0 radical (unpaired) electrons. The van der Waals surface area contributed by atoms with Crippen LogP contribution in [-0.4, -0.2) is 19.6 Å². The van der Waals surface area contributed by atoms with Crippen LogP contribution in [0.2, 0.25) is 0 Å². The Bertz CT molecular complexity index is 394. The first-order valence-corrected chi connectivity index (χ1v) is 3.89. The van der Waals surface area contributed by atoms with Crippen molar-refractivity contribution in [3.8, 4) is 0 Å². The Morgan fingerprint density at radius 1 is 1.55 bits per heavy atom. The smallest absolute Gasteiger partial charge is 0.160 e. The predicted octanol–water partition coefficient (Wildman–Crippen LogP) is 1.20. The van der Waals surface area contributed by atoms with Gasteiger partial charge in [0.1, 0.15) is 16.8 Å². The van der Waals surface area contributed by atoms with E-state index in [2.05, 4.69) is 31.0 Å². The topological polar surface area (TPSA) is 43.1 Å². The highest BCUT2D eigenvalue weighted by atomic mass is 79.9. The fraction of sp³-hybridized carbons (Fsp3) is 0.167. The van der Waals surface area contributed by atoms with Crippen molar-refractivity contribution in [3.05, 3.63) is 22.8 Å². The minimum absolute atomic E-state index is 0.755. The molecular formula is C6H5BrN4. The molecule has 4 nitrogen and oxygen atoms in total. The third-order valence-electron chi connectivity index (χ3n) is 1.30. The third kappa shape index (κ3) is 1.11. The molecule has 0 N–H and O–H groups in total. The summed E-state index contributed by atoms with van der Waals surface area (Å²) in [5.74, 6) is 0.755. The molecule has 56 valence electrons. The molecule has 0 aromatic carbocycles. The summed E-state index contributed by atoms with van der Waals surface area (Å²) in [5, 5.41) is 4.08. The molecule has 0 bridgehead atoms. The molecule has 0 aliphatic carbocycles.